The number of fused-ring (bicyclic) bond motifs is 1. The lowest BCUT2D eigenvalue weighted by Crippen LogP contribution is -2.40. The van der Waals surface area contributed by atoms with E-state index in [0.717, 1.165) is 34.5 Å². The molecule has 1 aromatic heterocycles. The van der Waals surface area contributed by atoms with Crippen LogP contribution in [0.5, 0.6) is 5.75 Å². The monoisotopic (exact) mass is 808 g/mol. The Kier molecular flexibility index (Phi) is 9.72. The van der Waals surface area contributed by atoms with Crippen LogP contribution in [0.1, 0.15) is 36.6 Å². The molecule has 2 heterocycles. The van der Waals surface area contributed by atoms with Crippen LogP contribution in [0.3, 0.4) is 0 Å². The first-order valence-electron chi connectivity index (χ1n) is 12.9. The Bertz CT molecular complexity index is 1790. The van der Waals surface area contributed by atoms with Gasteiger partial charge in [-0.25, -0.2) is 9.79 Å². The first-order valence-corrected chi connectivity index (χ1v) is 17.1. The Morgan fingerprint density at radius 2 is 1.73 bits per heavy atom. The maximum Gasteiger partial charge on any atom is 0.338 e. The van der Waals surface area contributed by atoms with Gasteiger partial charge in [0.15, 0.2) is 4.80 Å². The zero-order chi connectivity index (χ0) is 29.1. The molecule has 0 bridgehead atoms. The molecule has 0 unspecified atom stereocenters. The molecule has 0 spiro atoms. The number of carbonyl (C=O) groups is 1. The smallest absolute Gasteiger partial charge is 0.338 e. The van der Waals surface area contributed by atoms with Crippen LogP contribution in [-0.2, 0) is 9.53 Å². The molecule has 1 aliphatic heterocycles. The minimum Gasteiger partial charge on any atom is -0.492 e. The highest BCUT2D eigenvalue weighted by molar-refractivity contribution is 14.1. The molecule has 10 heteroatoms. The second-order valence-corrected chi connectivity index (χ2v) is 13.2. The van der Waals surface area contributed by atoms with Crippen LogP contribution < -0.4 is 19.6 Å². The number of carbonyl (C=O) groups excluding carboxylic acids is 1. The number of hydrogen-bond donors (Lipinski definition) is 0. The van der Waals surface area contributed by atoms with E-state index in [0.29, 0.717) is 27.2 Å². The van der Waals surface area contributed by atoms with Gasteiger partial charge in [-0.1, -0.05) is 53.8 Å². The molecule has 0 N–H and O–H groups in total. The third kappa shape index (κ3) is 6.20. The van der Waals surface area contributed by atoms with Crippen molar-refractivity contribution < 1.29 is 14.3 Å². The SMILES string of the molecule is CCOC(=O)C1=C(c2ccccc2)N=c2s/c(=C\c3cc(I)c(OCC)c(I)c3)c(=O)n2[C@@H]1c1ccc(SC)cc1. The highest BCUT2D eigenvalue weighted by Gasteiger charge is 2.35. The number of halogens is 2. The fourth-order valence-corrected chi connectivity index (χ4v) is 8.18. The lowest BCUT2D eigenvalue weighted by molar-refractivity contribution is -0.138. The van der Waals surface area contributed by atoms with E-state index in [4.69, 9.17) is 14.5 Å². The number of nitrogens with zero attached hydrogens (tertiary/aromatic N) is 2. The van der Waals surface area contributed by atoms with Crippen molar-refractivity contribution in [2.45, 2.75) is 24.8 Å². The molecule has 6 nitrogen and oxygen atoms in total. The first kappa shape index (κ1) is 30.1. The van der Waals surface area contributed by atoms with Gasteiger partial charge < -0.3 is 9.47 Å². The number of thioether (sulfide) groups is 1. The van der Waals surface area contributed by atoms with E-state index in [1.54, 1.807) is 23.3 Å². The molecule has 4 aromatic rings. The van der Waals surface area contributed by atoms with Crippen molar-refractivity contribution in [1.82, 2.24) is 4.57 Å². The van der Waals surface area contributed by atoms with Gasteiger partial charge in [0.25, 0.3) is 5.56 Å². The predicted octanol–water partition coefficient (Wildman–Crippen LogP) is 6.27. The largest absolute Gasteiger partial charge is 0.492 e. The zero-order valence-corrected chi connectivity index (χ0v) is 28.5. The number of benzene rings is 3. The number of esters is 1. The minimum atomic E-state index is -0.695. The molecule has 0 saturated heterocycles. The Hall–Kier alpha value is -2.42. The average Bonchev–Trinajstić information content (AvgIpc) is 3.29. The second-order valence-electron chi connectivity index (χ2n) is 8.95. The van der Waals surface area contributed by atoms with Crippen LogP contribution >= 0.6 is 68.3 Å². The van der Waals surface area contributed by atoms with E-state index in [1.165, 1.54) is 11.3 Å². The normalized spacial score (nSPS) is 15.0. The molecule has 0 amide bonds. The minimum absolute atomic E-state index is 0.208. The summed E-state index contributed by atoms with van der Waals surface area (Å²) in [5.74, 6) is 0.353. The summed E-state index contributed by atoms with van der Waals surface area (Å²) in [6.07, 6.45) is 3.90. The third-order valence-corrected chi connectivity index (χ3v) is 9.74. The van der Waals surface area contributed by atoms with Crippen molar-refractivity contribution in [3.8, 4) is 5.75 Å². The number of rotatable bonds is 8. The summed E-state index contributed by atoms with van der Waals surface area (Å²) in [5.41, 5.74) is 3.14. The van der Waals surface area contributed by atoms with Crippen LogP contribution in [0.2, 0.25) is 0 Å². The van der Waals surface area contributed by atoms with Gasteiger partial charge in [0.05, 0.1) is 42.2 Å². The van der Waals surface area contributed by atoms with Crippen molar-refractivity contribution in [2.24, 2.45) is 4.99 Å². The van der Waals surface area contributed by atoms with Crippen molar-refractivity contribution in [1.29, 1.82) is 0 Å². The predicted molar refractivity (Wildman–Crippen MR) is 182 cm³/mol. The maximum atomic E-state index is 14.1. The lowest BCUT2D eigenvalue weighted by Gasteiger charge is -2.26. The van der Waals surface area contributed by atoms with E-state index < -0.39 is 12.0 Å². The van der Waals surface area contributed by atoms with Crippen molar-refractivity contribution in [3.05, 3.63) is 116 Å². The van der Waals surface area contributed by atoms with Crippen molar-refractivity contribution >= 4 is 86.0 Å². The Balaban J connectivity index is 1.78. The summed E-state index contributed by atoms with van der Waals surface area (Å²) >= 11 is 7.47. The van der Waals surface area contributed by atoms with Gasteiger partial charge in [-0.3, -0.25) is 9.36 Å². The van der Waals surface area contributed by atoms with Gasteiger partial charge in [-0.05, 0) is 107 Å². The van der Waals surface area contributed by atoms with Crippen LogP contribution in [-0.4, -0.2) is 30.0 Å². The molecule has 0 aliphatic carbocycles. The maximum absolute atomic E-state index is 14.1. The summed E-state index contributed by atoms with van der Waals surface area (Å²) < 4.78 is 15.4. The Morgan fingerprint density at radius 3 is 2.34 bits per heavy atom. The fraction of sp³-hybridized carbons (Fsp3) is 0.194. The van der Waals surface area contributed by atoms with Gasteiger partial charge in [0, 0.05) is 10.5 Å². The van der Waals surface area contributed by atoms with Crippen LogP contribution in [0.15, 0.2) is 87.0 Å². The quantitative estimate of drug-likeness (QED) is 0.120. The van der Waals surface area contributed by atoms with Gasteiger partial charge >= 0.3 is 5.97 Å². The highest BCUT2D eigenvalue weighted by atomic mass is 127. The first-order chi connectivity index (χ1) is 19.9. The summed E-state index contributed by atoms with van der Waals surface area (Å²) in [7, 11) is 0. The summed E-state index contributed by atoms with van der Waals surface area (Å²) in [6, 6.07) is 20.8. The molecule has 0 radical (unpaired) electrons. The Labute approximate surface area is 273 Å². The summed E-state index contributed by atoms with van der Waals surface area (Å²) in [6.45, 7) is 4.52. The van der Waals surface area contributed by atoms with Crippen molar-refractivity contribution in [2.75, 3.05) is 19.5 Å². The molecule has 210 valence electrons. The average molecular weight is 809 g/mol. The molecule has 5 rings (SSSR count). The molecule has 0 fully saturated rings. The van der Waals surface area contributed by atoms with E-state index >= 15 is 0 Å². The molecule has 0 saturated carbocycles. The van der Waals surface area contributed by atoms with Crippen molar-refractivity contribution in [3.63, 3.8) is 0 Å². The van der Waals surface area contributed by atoms with Gasteiger partial charge in [-0.2, -0.15) is 0 Å². The molecule has 1 atom stereocenters. The summed E-state index contributed by atoms with van der Waals surface area (Å²) in [5, 5.41) is 0. The topological polar surface area (TPSA) is 69.9 Å². The van der Waals surface area contributed by atoms with Crippen LogP contribution in [0.4, 0.5) is 0 Å². The number of hydrogen-bond acceptors (Lipinski definition) is 7. The molecule has 1 aliphatic rings. The van der Waals surface area contributed by atoms with Gasteiger partial charge in [0.2, 0.25) is 0 Å². The standard InChI is InChI=1S/C31H26I2N2O4S2/c1-4-38-28-22(32)15-18(16-23(28)33)17-24-29(36)35-27(20-11-13-21(40-3)14-12-20)25(30(37)39-5-2)26(34-31(35)41-24)19-9-7-6-8-10-19/h6-17,27H,4-5H2,1-3H3/b24-17-/t27-/m1/s1. The van der Waals surface area contributed by atoms with E-state index in [2.05, 4.69) is 45.2 Å². The lowest BCUT2D eigenvalue weighted by atomic mass is 9.93. The zero-order valence-electron chi connectivity index (χ0n) is 22.5. The van der Waals surface area contributed by atoms with Gasteiger partial charge in [-0.15, -0.1) is 11.8 Å². The van der Waals surface area contributed by atoms with E-state index in [-0.39, 0.29) is 12.2 Å². The molecule has 41 heavy (non-hydrogen) atoms. The molecular weight excluding hydrogens is 782 g/mol. The molecular formula is C31H26I2N2O4S2. The second kappa shape index (κ2) is 13.3. The van der Waals surface area contributed by atoms with Crippen LogP contribution in [0, 0.1) is 7.14 Å². The van der Waals surface area contributed by atoms with E-state index in [9.17, 15) is 9.59 Å². The van der Waals surface area contributed by atoms with E-state index in [1.807, 2.05) is 86.0 Å². The third-order valence-electron chi connectivity index (χ3n) is 6.41. The summed E-state index contributed by atoms with van der Waals surface area (Å²) in [4.78, 5) is 34.2. The number of ether oxygens (including phenoxy) is 2. The van der Waals surface area contributed by atoms with Gasteiger partial charge in [0.1, 0.15) is 5.75 Å². The molecule has 3 aromatic carbocycles. The number of aromatic nitrogens is 1. The van der Waals surface area contributed by atoms with Crippen LogP contribution in [0.25, 0.3) is 11.8 Å². The highest BCUT2D eigenvalue weighted by Crippen LogP contribution is 2.36. The Morgan fingerprint density at radius 1 is 1.05 bits per heavy atom. The fourth-order valence-electron chi connectivity index (χ4n) is 4.64. The number of thiazole rings is 1.